The van der Waals surface area contributed by atoms with Crippen LogP contribution in [0.1, 0.15) is 75.5 Å². The molecule has 0 spiro atoms. The number of hydrogen-bond acceptors (Lipinski definition) is 4. The zero-order valence-corrected chi connectivity index (χ0v) is 23.6. The number of carbonyl (C=O) groups is 2. The van der Waals surface area contributed by atoms with Crippen LogP contribution in [-0.4, -0.2) is 50.0 Å². The van der Waals surface area contributed by atoms with Crippen molar-refractivity contribution in [2.75, 3.05) is 17.1 Å². The van der Waals surface area contributed by atoms with E-state index in [1.165, 1.54) is 4.31 Å². The molecule has 0 radical (unpaired) electrons. The van der Waals surface area contributed by atoms with Gasteiger partial charge >= 0.3 is 0 Å². The molecule has 37 heavy (non-hydrogen) atoms. The van der Waals surface area contributed by atoms with Crippen molar-refractivity contribution in [3.63, 3.8) is 0 Å². The van der Waals surface area contributed by atoms with Gasteiger partial charge in [-0.25, -0.2) is 8.42 Å². The summed E-state index contributed by atoms with van der Waals surface area (Å²) in [6, 6.07) is 14.5. The fourth-order valence-electron chi connectivity index (χ4n) is 4.97. The molecule has 202 valence electrons. The van der Waals surface area contributed by atoms with E-state index in [0.717, 1.165) is 48.6 Å². The van der Waals surface area contributed by atoms with Gasteiger partial charge in [-0.15, -0.1) is 0 Å². The summed E-state index contributed by atoms with van der Waals surface area (Å²) in [6.07, 6.45) is 5.62. The molecule has 1 atom stereocenters. The van der Waals surface area contributed by atoms with E-state index in [1.54, 1.807) is 17.0 Å². The highest BCUT2D eigenvalue weighted by Crippen LogP contribution is 2.29. The van der Waals surface area contributed by atoms with Crippen LogP contribution >= 0.6 is 0 Å². The average Bonchev–Trinajstić information content (AvgIpc) is 3.35. The Morgan fingerprint density at radius 2 is 1.65 bits per heavy atom. The number of nitrogens with one attached hydrogen (secondary N) is 1. The fourth-order valence-corrected chi connectivity index (χ4v) is 5.84. The summed E-state index contributed by atoms with van der Waals surface area (Å²) in [7, 11) is -3.77. The van der Waals surface area contributed by atoms with E-state index >= 15 is 0 Å². The molecule has 1 fully saturated rings. The SMILES string of the molecule is CCC(C(=O)NC1CCCC1)N(Cc1ccc(C)cc1)C(=O)CN(c1ccccc1C(C)C)S(C)(=O)=O. The first-order chi connectivity index (χ1) is 17.5. The van der Waals surface area contributed by atoms with E-state index in [1.807, 2.05) is 64.1 Å². The van der Waals surface area contributed by atoms with Crippen LogP contribution in [0.4, 0.5) is 5.69 Å². The molecule has 1 aliphatic carbocycles. The Morgan fingerprint density at radius 1 is 1.03 bits per heavy atom. The van der Waals surface area contributed by atoms with Gasteiger partial charge in [0.25, 0.3) is 0 Å². The Labute approximate surface area is 222 Å². The second-order valence-electron chi connectivity index (χ2n) is 10.4. The van der Waals surface area contributed by atoms with E-state index in [4.69, 9.17) is 0 Å². The quantitative estimate of drug-likeness (QED) is 0.457. The minimum Gasteiger partial charge on any atom is -0.352 e. The fraction of sp³-hybridized carbons (Fsp3) is 0.517. The van der Waals surface area contributed by atoms with Crippen LogP contribution in [0.2, 0.25) is 0 Å². The lowest BCUT2D eigenvalue weighted by atomic mass is 10.0. The van der Waals surface area contributed by atoms with Crippen molar-refractivity contribution >= 4 is 27.5 Å². The van der Waals surface area contributed by atoms with Gasteiger partial charge in [0.05, 0.1) is 11.9 Å². The summed E-state index contributed by atoms with van der Waals surface area (Å²) in [4.78, 5) is 28.8. The molecule has 0 bridgehead atoms. The number of rotatable bonds is 11. The largest absolute Gasteiger partial charge is 0.352 e. The van der Waals surface area contributed by atoms with Crippen molar-refractivity contribution in [3.05, 3.63) is 65.2 Å². The lowest BCUT2D eigenvalue weighted by Gasteiger charge is -2.34. The van der Waals surface area contributed by atoms with Crippen LogP contribution < -0.4 is 9.62 Å². The van der Waals surface area contributed by atoms with Gasteiger partial charge in [-0.3, -0.25) is 13.9 Å². The van der Waals surface area contributed by atoms with Crippen molar-refractivity contribution in [1.82, 2.24) is 10.2 Å². The van der Waals surface area contributed by atoms with Crippen LogP contribution in [0.5, 0.6) is 0 Å². The first-order valence-electron chi connectivity index (χ1n) is 13.2. The summed E-state index contributed by atoms with van der Waals surface area (Å²) >= 11 is 0. The number of aryl methyl sites for hydroxylation is 1. The molecule has 3 rings (SSSR count). The molecular weight excluding hydrogens is 486 g/mol. The molecule has 1 N–H and O–H groups in total. The van der Waals surface area contributed by atoms with Gasteiger partial charge in [-0.2, -0.15) is 0 Å². The van der Waals surface area contributed by atoms with Crippen LogP contribution in [0, 0.1) is 6.92 Å². The third kappa shape index (κ3) is 7.57. The van der Waals surface area contributed by atoms with E-state index in [9.17, 15) is 18.0 Å². The molecule has 1 aliphatic rings. The van der Waals surface area contributed by atoms with Crippen molar-refractivity contribution < 1.29 is 18.0 Å². The summed E-state index contributed by atoms with van der Waals surface area (Å²) in [6.45, 7) is 7.71. The number of para-hydroxylation sites is 1. The van der Waals surface area contributed by atoms with Gasteiger partial charge in [0.2, 0.25) is 21.8 Å². The summed E-state index contributed by atoms with van der Waals surface area (Å²) in [5.74, 6) is -0.513. The molecule has 1 unspecified atom stereocenters. The molecule has 0 heterocycles. The van der Waals surface area contributed by atoms with Gasteiger partial charge in [0.1, 0.15) is 12.6 Å². The van der Waals surface area contributed by atoms with E-state index < -0.39 is 22.0 Å². The Bertz CT molecular complexity index is 1170. The highest BCUT2D eigenvalue weighted by Gasteiger charge is 2.33. The van der Waals surface area contributed by atoms with Crippen molar-refractivity contribution in [2.45, 2.75) is 84.3 Å². The predicted molar refractivity (Wildman–Crippen MR) is 149 cm³/mol. The smallest absolute Gasteiger partial charge is 0.244 e. The summed E-state index contributed by atoms with van der Waals surface area (Å²) in [5.41, 5.74) is 3.32. The molecule has 1 saturated carbocycles. The highest BCUT2D eigenvalue weighted by atomic mass is 32.2. The summed E-state index contributed by atoms with van der Waals surface area (Å²) in [5, 5.41) is 3.13. The Hall–Kier alpha value is -2.87. The standard InChI is InChI=1S/C29H41N3O4S/c1-6-26(29(34)30-24-11-7-8-12-24)31(19-23-17-15-22(4)16-18-23)28(33)20-32(37(5,35)36)27-14-10-9-13-25(27)21(2)3/h9-10,13-18,21,24,26H,6-8,11-12,19-20H2,1-5H3,(H,30,34). The number of amides is 2. The first kappa shape index (κ1) is 28.7. The second-order valence-corrected chi connectivity index (χ2v) is 12.3. The maximum atomic E-state index is 13.9. The molecule has 2 amide bonds. The normalized spacial score (nSPS) is 15.0. The van der Waals surface area contributed by atoms with Gasteiger partial charge in [0.15, 0.2) is 0 Å². The maximum absolute atomic E-state index is 13.9. The zero-order valence-electron chi connectivity index (χ0n) is 22.7. The van der Waals surface area contributed by atoms with Crippen LogP contribution in [-0.2, 0) is 26.2 Å². The van der Waals surface area contributed by atoms with Gasteiger partial charge < -0.3 is 10.2 Å². The molecule has 7 nitrogen and oxygen atoms in total. The Morgan fingerprint density at radius 3 is 2.22 bits per heavy atom. The Kier molecular flexibility index (Phi) is 9.76. The van der Waals surface area contributed by atoms with Gasteiger partial charge in [-0.05, 0) is 49.3 Å². The van der Waals surface area contributed by atoms with Gasteiger partial charge in [0, 0.05) is 12.6 Å². The van der Waals surface area contributed by atoms with Crippen LogP contribution in [0.15, 0.2) is 48.5 Å². The molecule has 0 saturated heterocycles. The molecule has 2 aromatic carbocycles. The second kappa shape index (κ2) is 12.6. The summed E-state index contributed by atoms with van der Waals surface area (Å²) < 4.78 is 27.1. The lowest BCUT2D eigenvalue weighted by Crippen LogP contribution is -2.53. The first-order valence-corrected chi connectivity index (χ1v) is 15.1. The zero-order chi connectivity index (χ0) is 27.2. The van der Waals surface area contributed by atoms with Crippen LogP contribution in [0.3, 0.4) is 0 Å². The van der Waals surface area contributed by atoms with Crippen molar-refractivity contribution in [1.29, 1.82) is 0 Å². The van der Waals surface area contributed by atoms with Crippen molar-refractivity contribution in [3.8, 4) is 0 Å². The number of hydrogen-bond donors (Lipinski definition) is 1. The van der Waals surface area contributed by atoms with Crippen molar-refractivity contribution in [2.24, 2.45) is 0 Å². The maximum Gasteiger partial charge on any atom is 0.244 e. The minimum atomic E-state index is -3.77. The number of benzene rings is 2. The van der Waals surface area contributed by atoms with E-state index in [0.29, 0.717) is 12.1 Å². The molecule has 8 heteroatoms. The predicted octanol–water partition coefficient (Wildman–Crippen LogP) is 4.75. The number of nitrogens with zero attached hydrogens (tertiary/aromatic N) is 2. The number of carbonyl (C=O) groups excluding carboxylic acids is 2. The topological polar surface area (TPSA) is 86.8 Å². The van der Waals surface area contributed by atoms with E-state index in [2.05, 4.69) is 5.32 Å². The van der Waals surface area contributed by atoms with E-state index in [-0.39, 0.29) is 31.0 Å². The average molecular weight is 528 g/mol. The third-order valence-corrected chi connectivity index (χ3v) is 8.19. The highest BCUT2D eigenvalue weighted by molar-refractivity contribution is 7.92. The monoisotopic (exact) mass is 527 g/mol. The minimum absolute atomic E-state index is 0.0693. The lowest BCUT2D eigenvalue weighted by molar-refractivity contribution is -0.140. The number of anilines is 1. The molecule has 2 aromatic rings. The third-order valence-electron chi connectivity index (χ3n) is 7.07. The molecular formula is C29H41N3O4S. The molecule has 0 aromatic heterocycles. The number of sulfonamides is 1. The Balaban J connectivity index is 1.96. The molecule has 0 aliphatic heterocycles. The van der Waals surface area contributed by atoms with Gasteiger partial charge in [-0.1, -0.05) is 81.6 Å². The van der Waals surface area contributed by atoms with Crippen LogP contribution in [0.25, 0.3) is 0 Å².